The van der Waals surface area contributed by atoms with Crippen molar-refractivity contribution in [3.05, 3.63) is 59.3 Å². The summed E-state index contributed by atoms with van der Waals surface area (Å²) in [5, 5.41) is 18.0. The van der Waals surface area contributed by atoms with Crippen molar-refractivity contribution in [1.82, 2.24) is 24.9 Å². The van der Waals surface area contributed by atoms with E-state index < -0.39 is 28.4 Å². The third-order valence-corrected chi connectivity index (χ3v) is 5.57. The number of aryl methyl sites for hydroxylation is 1. The zero-order chi connectivity index (χ0) is 21.7. The minimum atomic E-state index is -3.19. The normalized spacial score (nSPS) is 24.3. The third kappa shape index (κ3) is 3.34. The van der Waals surface area contributed by atoms with Gasteiger partial charge in [-0.2, -0.15) is 13.9 Å². The van der Waals surface area contributed by atoms with Gasteiger partial charge in [0, 0.05) is 24.2 Å². The van der Waals surface area contributed by atoms with Crippen molar-refractivity contribution in [2.24, 2.45) is 0 Å². The van der Waals surface area contributed by atoms with Gasteiger partial charge in [-0.3, -0.25) is 9.78 Å². The minimum Gasteiger partial charge on any atom is -0.385 e. The molecule has 0 aliphatic carbocycles. The smallest absolute Gasteiger partial charge is 0.300 e. The van der Waals surface area contributed by atoms with E-state index in [1.807, 2.05) is 6.92 Å². The highest BCUT2D eigenvalue weighted by Crippen LogP contribution is 2.40. The number of carbonyl (C=O) groups excluding carboxylic acids is 1. The molecule has 0 aromatic carbocycles. The zero-order valence-electron chi connectivity index (χ0n) is 16.3. The molecule has 1 fully saturated rings. The number of nitrogens with zero attached hydrogens (tertiary/aromatic N) is 4. The first-order chi connectivity index (χ1) is 14.0. The lowest BCUT2D eigenvalue weighted by molar-refractivity contribution is -0.00785. The number of nitrogens with one attached hydrogen (secondary N) is 1. The average molecular weight is 435 g/mol. The van der Waals surface area contributed by atoms with Crippen molar-refractivity contribution in [2.45, 2.75) is 30.7 Å². The first-order valence-electron chi connectivity index (χ1n) is 9.10. The summed E-state index contributed by atoms with van der Waals surface area (Å²) in [6.45, 7) is 3.25. The number of ether oxygens (including phenoxy) is 1. The number of hydrogen-bond donors (Lipinski definition) is 2. The Labute approximate surface area is 172 Å². The minimum absolute atomic E-state index is 0.0545. The molecular formula is C19H20F2N5O3P. The highest BCUT2D eigenvalue weighted by Gasteiger charge is 2.55. The fourth-order valence-electron chi connectivity index (χ4n) is 3.55. The van der Waals surface area contributed by atoms with E-state index in [4.69, 9.17) is 4.74 Å². The number of aliphatic hydroxyl groups is 1. The quantitative estimate of drug-likeness (QED) is 0.606. The number of rotatable bonds is 4. The lowest BCUT2D eigenvalue weighted by Gasteiger charge is -2.39. The standard InChI is InChI=1S/C19H20F2N5O3P/c1-11-5-23-15-13(7-24-26(15)8-11)16(27)25-18(10-29-9-17(18,2)28)12-3-4-14(22-6-12)19(20,21)30/h3-8,28H,9-10,30H2,1-2H3,(H,25,27). The Balaban J connectivity index is 1.74. The average Bonchev–Trinajstić information content (AvgIpc) is 3.22. The maximum atomic E-state index is 13.5. The molecular weight excluding hydrogens is 415 g/mol. The van der Waals surface area contributed by atoms with Crippen molar-refractivity contribution >= 4 is 20.8 Å². The molecule has 3 unspecified atom stereocenters. The maximum absolute atomic E-state index is 13.5. The molecule has 0 radical (unpaired) electrons. The summed E-state index contributed by atoms with van der Waals surface area (Å²) in [6, 6.07) is 2.56. The summed E-state index contributed by atoms with van der Waals surface area (Å²) in [5.41, 5.74) is -4.77. The van der Waals surface area contributed by atoms with Gasteiger partial charge in [-0.25, -0.2) is 9.50 Å². The number of amides is 1. The lowest BCUT2D eigenvalue weighted by atomic mass is 9.78. The number of alkyl halides is 2. The summed E-state index contributed by atoms with van der Waals surface area (Å²) >= 11 is 0. The van der Waals surface area contributed by atoms with Gasteiger partial charge < -0.3 is 15.2 Å². The van der Waals surface area contributed by atoms with Gasteiger partial charge in [0.25, 0.3) is 11.6 Å². The number of carbonyl (C=O) groups is 1. The van der Waals surface area contributed by atoms with Crippen LogP contribution in [0.5, 0.6) is 0 Å². The molecule has 3 aromatic heterocycles. The van der Waals surface area contributed by atoms with Gasteiger partial charge >= 0.3 is 0 Å². The summed E-state index contributed by atoms with van der Waals surface area (Å²) in [5.74, 6) is -0.535. The Morgan fingerprint density at radius 1 is 1.30 bits per heavy atom. The van der Waals surface area contributed by atoms with Crippen LogP contribution in [0.3, 0.4) is 0 Å². The molecule has 3 aromatic rings. The molecule has 0 spiro atoms. The molecule has 3 atom stereocenters. The molecule has 1 aliphatic rings. The number of hydrogen-bond acceptors (Lipinski definition) is 6. The number of aromatic nitrogens is 4. The van der Waals surface area contributed by atoms with Crippen LogP contribution in [0.2, 0.25) is 0 Å². The molecule has 1 saturated heterocycles. The molecule has 0 saturated carbocycles. The van der Waals surface area contributed by atoms with Crippen molar-refractivity contribution in [3.8, 4) is 0 Å². The highest BCUT2D eigenvalue weighted by molar-refractivity contribution is 7.17. The molecule has 1 aliphatic heterocycles. The molecule has 30 heavy (non-hydrogen) atoms. The Morgan fingerprint density at radius 3 is 2.67 bits per heavy atom. The summed E-state index contributed by atoms with van der Waals surface area (Å²) in [6.07, 6.45) is 5.94. The largest absolute Gasteiger partial charge is 0.385 e. The van der Waals surface area contributed by atoms with Gasteiger partial charge in [0.15, 0.2) is 5.65 Å². The number of fused-ring (bicyclic) bond motifs is 1. The zero-order valence-corrected chi connectivity index (χ0v) is 17.4. The number of halogens is 2. The fraction of sp³-hybridized carbons (Fsp3) is 0.368. The Kier molecular flexibility index (Phi) is 4.84. The second kappa shape index (κ2) is 7.01. The van der Waals surface area contributed by atoms with Crippen LogP contribution in [-0.2, 0) is 15.9 Å². The fourth-order valence-corrected chi connectivity index (χ4v) is 3.72. The molecule has 11 heteroatoms. The molecule has 4 heterocycles. The molecule has 4 rings (SSSR count). The monoisotopic (exact) mass is 435 g/mol. The molecule has 2 N–H and O–H groups in total. The predicted octanol–water partition coefficient (Wildman–Crippen LogP) is 1.76. The van der Waals surface area contributed by atoms with E-state index in [-0.39, 0.29) is 18.8 Å². The SMILES string of the molecule is Cc1cnc2c(C(=O)NC3(c4ccc(C(F)(F)P)nc4)COCC3(C)O)cnn2c1. The van der Waals surface area contributed by atoms with Crippen LogP contribution in [0.4, 0.5) is 8.78 Å². The van der Waals surface area contributed by atoms with Crippen molar-refractivity contribution in [1.29, 1.82) is 0 Å². The van der Waals surface area contributed by atoms with Gasteiger partial charge in [-0.15, -0.1) is 0 Å². The van der Waals surface area contributed by atoms with E-state index in [0.29, 0.717) is 11.2 Å². The Morgan fingerprint density at radius 2 is 2.07 bits per heavy atom. The van der Waals surface area contributed by atoms with Crippen LogP contribution in [0, 0.1) is 6.92 Å². The highest BCUT2D eigenvalue weighted by atomic mass is 31.0. The van der Waals surface area contributed by atoms with Crippen LogP contribution >= 0.6 is 9.24 Å². The molecule has 1 amide bonds. The summed E-state index contributed by atoms with van der Waals surface area (Å²) < 4.78 is 34.0. The molecule has 0 bridgehead atoms. The second-order valence-corrected chi connectivity index (χ2v) is 8.36. The van der Waals surface area contributed by atoms with Crippen LogP contribution in [0.25, 0.3) is 5.65 Å². The van der Waals surface area contributed by atoms with Crippen molar-refractivity contribution < 1.29 is 23.4 Å². The predicted molar refractivity (Wildman–Crippen MR) is 106 cm³/mol. The van der Waals surface area contributed by atoms with Crippen LogP contribution in [0.15, 0.2) is 36.9 Å². The third-order valence-electron chi connectivity index (χ3n) is 5.28. The van der Waals surface area contributed by atoms with E-state index in [1.54, 1.807) is 12.4 Å². The topological polar surface area (TPSA) is 102 Å². The van der Waals surface area contributed by atoms with Gasteiger partial charge in [0.2, 0.25) is 0 Å². The Bertz CT molecular complexity index is 1110. The van der Waals surface area contributed by atoms with Crippen molar-refractivity contribution in [2.75, 3.05) is 13.2 Å². The second-order valence-electron chi connectivity index (χ2n) is 7.64. The van der Waals surface area contributed by atoms with Crippen molar-refractivity contribution in [3.63, 3.8) is 0 Å². The Hall–Kier alpha value is -2.55. The number of pyridine rings is 1. The molecule has 8 nitrogen and oxygen atoms in total. The van der Waals surface area contributed by atoms with Crippen LogP contribution in [-0.4, -0.2) is 49.4 Å². The summed E-state index contributed by atoms with van der Waals surface area (Å²) in [4.78, 5) is 21.2. The van der Waals surface area contributed by atoms with Gasteiger partial charge in [0.05, 0.1) is 19.4 Å². The van der Waals surface area contributed by atoms with Crippen LogP contribution in [0.1, 0.15) is 34.1 Å². The van der Waals surface area contributed by atoms with E-state index in [2.05, 4.69) is 20.4 Å². The van der Waals surface area contributed by atoms with Crippen LogP contribution < -0.4 is 5.32 Å². The maximum Gasteiger partial charge on any atom is 0.300 e. The summed E-state index contributed by atoms with van der Waals surface area (Å²) in [7, 11) is 1.43. The van der Waals surface area contributed by atoms with E-state index in [1.165, 1.54) is 39.1 Å². The van der Waals surface area contributed by atoms with E-state index in [0.717, 1.165) is 11.6 Å². The van der Waals surface area contributed by atoms with Gasteiger partial charge in [-0.05, 0) is 25.5 Å². The van der Waals surface area contributed by atoms with Gasteiger partial charge in [0.1, 0.15) is 22.4 Å². The first kappa shape index (κ1) is 20.7. The molecule has 158 valence electrons. The van der Waals surface area contributed by atoms with Gasteiger partial charge in [-0.1, -0.05) is 15.3 Å². The van der Waals surface area contributed by atoms with E-state index in [9.17, 15) is 18.7 Å². The first-order valence-corrected chi connectivity index (χ1v) is 9.68. The lowest BCUT2D eigenvalue weighted by Crippen LogP contribution is -2.60. The van der Waals surface area contributed by atoms with E-state index >= 15 is 0 Å².